The Bertz CT molecular complexity index is 844. The predicted molar refractivity (Wildman–Crippen MR) is 122 cm³/mol. The Kier molecular flexibility index (Phi) is 10.9. The number of esters is 1. The zero-order valence-electron chi connectivity index (χ0n) is 19.2. The molecule has 0 spiro atoms. The van der Waals surface area contributed by atoms with E-state index in [4.69, 9.17) is 23.7 Å². The van der Waals surface area contributed by atoms with E-state index >= 15 is 0 Å². The van der Waals surface area contributed by atoms with Crippen molar-refractivity contribution in [2.45, 2.75) is 45.9 Å². The topological polar surface area (TPSA) is 63.2 Å². The third-order valence-corrected chi connectivity index (χ3v) is 4.38. The number of carbonyl (C=O) groups excluding carboxylic acids is 1. The molecule has 0 saturated carbocycles. The Morgan fingerprint density at radius 1 is 0.812 bits per heavy atom. The molecule has 6 heteroatoms. The molecule has 2 aromatic rings. The van der Waals surface area contributed by atoms with E-state index < -0.39 is 24.2 Å². The van der Waals surface area contributed by atoms with Crippen LogP contribution < -0.4 is 0 Å². The number of ether oxygens (including phenoxy) is 5. The number of hydrogen-bond acceptors (Lipinski definition) is 6. The fraction of sp³-hybridized carbons (Fsp3) is 0.423. The molecular weight excluding hydrogens is 408 g/mol. The van der Waals surface area contributed by atoms with Gasteiger partial charge < -0.3 is 23.7 Å². The van der Waals surface area contributed by atoms with Crippen LogP contribution >= 0.6 is 0 Å². The second kappa shape index (κ2) is 13.7. The summed E-state index contributed by atoms with van der Waals surface area (Å²) in [4.78, 5) is 12.7. The minimum absolute atomic E-state index is 0.325. The minimum Gasteiger partial charge on any atom is -0.441 e. The normalized spacial score (nSPS) is 12.2. The number of benzene rings is 2. The van der Waals surface area contributed by atoms with Crippen molar-refractivity contribution < 1.29 is 28.5 Å². The molecule has 0 fully saturated rings. The van der Waals surface area contributed by atoms with Crippen LogP contribution in [0.4, 0.5) is 0 Å². The molecule has 0 aliphatic heterocycles. The van der Waals surface area contributed by atoms with Crippen molar-refractivity contribution >= 4 is 5.97 Å². The molecule has 1 unspecified atom stereocenters. The van der Waals surface area contributed by atoms with Crippen LogP contribution in [-0.4, -0.2) is 44.5 Å². The standard InChI is InChI=1S/C26H32O6/c1-5-28-25(29-6-2)26(30-7-3,31-8-4)20-19-23(21-15-11-9-12-16-21)32-24(27)22-17-13-10-14-18-22/h9-18,23,25H,5-8H2,1-4H3. The van der Waals surface area contributed by atoms with Gasteiger partial charge in [0.05, 0.1) is 5.56 Å². The highest BCUT2D eigenvalue weighted by atomic mass is 16.8. The monoisotopic (exact) mass is 440 g/mol. The van der Waals surface area contributed by atoms with E-state index in [1.165, 1.54) is 0 Å². The Labute approximate surface area is 190 Å². The lowest BCUT2D eigenvalue weighted by Gasteiger charge is -2.34. The van der Waals surface area contributed by atoms with Crippen molar-refractivity contribution in [2.75, 3.05) is 26.4 Å². The minimum atomic E-state index is -1.47. The summed E-state index contributed by atoms with van der Waals surface area (Å²) in [6, 6.07) is 18.1. The zero-order chi connectivity index (χ0) is 23.2. The lowest BCUT2D eigenvalue weighted by molar-refractivity contribution is -0.321. The smallest absolute Gasteiger partial charge is 0.339 e. The largest absolute Gasteiger partial charge is 0.441 e. The lowest BCUT2D eigenvalue weighted by Crippen LogP contribution is -2.49. The first-order valence-corrected chi connectivity index (χ1v) is 10.9. The van der Waals surface area contributed by atoms with Gasteiger partial charge in [0.1, 0.15) is 0 Å². The predicted octanol–water partition coefficient (Wildman–Crippen LogP) is 4.76. The molecule has 1 atom stereocenters. The molecule has 2 rings (SSSR count). The van der Waals surface area contributed by atoms with Crippen molar-refractivity contribution in [2.24, 2.45) is 0 Å². The van der Waals surface area contributed by atoms with E-state index in [0.29, 0.717) is 32.0 Å². The maximum atomic E-state index is 12.7. The summed E-state index contributed by atoms with van der Waals surface area (Å²) in [5.74, 6) is 4.14. The van der Waals surface area contributed by atoms with Crippen LogP contribution in [0.2, 0.25) is 0 Å². The summed E-state index contributed by atoms with van der Waals surface area (Å²) in [6.07, 6.45) is -1.71. The SMILES string of the molecule is CCOC(OCC)C(C#CC(OC(=O)c1ccccc1)c1ccccc1)(OCC)OCC. The van der Waals surface area contributed by atoms with Crippen LogP contribution in [0, 0.1) is 11.8 Å². The van der Waals surface area contributed by atoms with Gasteiger partial charge in [-0.2, -0.15) is 0 Å². The Morgan fingerprint density at radius 2 is 1.34 bits per heavy atom. The summed E-state index contributed by atoms with van der Waals surface area (Å²) in [5.41, 5.74) is 1.17. The van der Waals surface area contributed by atoms with Gasteiger partial charge in [0.2, 0.25) is 6.29 Å². The van der Waals surface area contributed by atoms with Gasteiger partial charge in [0.25, 0.3) is 5.79 Å². The number of hydrogen-bond donors (Lipinski definition) is 0. The molecule has 0 aliphatic rings. The van der Waals surface area contributed by atoms with Gasteiger partial charge in [-0.15, -0.1) is 0 Å². The second-order valence-electron chi connectivity index (χ2n) is 6.61. The van der Waals surface area contributed by atoms with E-state index in [1.54, 1.807) is 24.3 Å². The van der Waals surface area contributed by atoms with Crippen LogP contribution in [-0.2, 0) is 23.7 Å². The fourth-order valence-electron chi connectivity index (χ4n) is 3.03. The van der Waals surface area contributed by atoms with E-state index in [1.807, 2.05) is 64.1 Å². The first kappa shape index (κ1) is 25.6. The summed E-state index contributed by atoms with van der Waals surface area (Å²) in [7, 11) is 0. The first-order chi connectivity index (χ1) is 15.6. The molecular formula is C26H32O6. The quantitative estimate of drug-likeness (QED) is 0.269. The summed E-state index contributed by atoms with van der Waals surface area (Å²) in [6.45, 7) is 8.82. The maximum Gasteiger partial charge on any atom is 0.339 e. The van der Waals surface area contributed by atoms with Gasteiger partial charge in [-0.1, -0.05) is 48.5 Å². The van der Waals surface area contributed by atoms with E-state index in [0.717, 1.165) is 5.56 Å². The number of rotatable bonds is 12. The molecule has 6 nitrogen and oxygen atoms in total. The van der Waals surface area contributed by atoms with Gasteiger partial charge >= 0.3 is 5.97 Å². The Hall–Kier alpha value is -2.69. The van der Waals surface area contributed by atoms with Crippen molar-refractivity contribution in [3.05, 3.63) is 71.8 Å². The highest BCUT2D eigenvalue weighted by Crippen LogP contribution is 2.25. The van der Waals surface area contributed by atoms with E-state index in [-0.39, 0.29) is 0 Å². The highest BCUT2D eigenvalue weighted by Gasteiger charge is 2.42. The van der Waals surface area contributed by atoms with Crippen LogP contribution in [0.25, 0.3) is 0 Å². The van der Waals surface area contributed by atoms with Crippen molar-refractivity contribution in [1.82, 2.24) is 0 Å². The summed E-state index contributed by atoms with van der Waals surface area (Å²) < 4.78 is 29.1. The molecule has 0 aliphatic carbocycles. The van der Waals surface area contributed by atoms with E-state index in [9.17, 15) is 4.79 Å². The molecule has 0 radical (unpaired) electrons. The Balaban J connectivity index is 2.46. The first-order valence-electron chi connectivity index (χ1n) is 10.9. The van der Waals surface area contributed by atoms with Gasteiger partial charge in [-0.3, -0.25) is 0 Å². The fourth-order valence-corrected chi connectivity index (χ4v) is 3.03. The van der Waals surface area contributed by atoms with Crippen molar-refractivity contribution in [1.29, 1.82) is 0 Å². The Morgan fingerprint density at radius 3 is 1.84 bits per heavy atom. The van der Waals surface area contributed by atoms with Gasteiger partial charge in [0.15, 0.2) is 6.10 Å². The molecule has 0 N–H and O–H groups in total. The lowest BCUT2D eigenvalue weighted by atomic mass is 10.1. The van der Waals surface area contributed by atoms with Crippen molar-refractivity contribution in [3.63, 3.8) is 0 Å². The zero-order valence-corrected chi connectivity index (χ0v) is 19.2. The average Bonchev–Trinajstić information content (AvgIpc) is 2.82. The summed E-state index contributed by atoms with van der Waals surface area (Å²) in [5, 5.41) is 0. The molecule has 0 aromatic heterocycles. The molecule has 2 aromatic carbocycles. The second-order valence-corrected chi connectivity index (χ2v) is 6.61. The van der Waals surface area contributed by atoms with Crippen molar-refractivity contribution in [3.8, 4) is 11.8 Å². The maximum absolute atomic E-state index is 12.7. The highest BCUT2D eigenvalue weighted by molar-refractivity contribution is 5.89. The summed E-state index contributed by atoms with van der Waals surface area (Å²) >= 11 is 0. The molecule has 0 bridgehead atoms. The van der Waals surface area contributed by atoms with Crippen LogP contribution in [0.3, 0.4) is 0 Å². The van der Waals surface area contributed by atoms with Crippen LogP contribution in [0.15, 0.2) is 60.7 Å². The third-order valence-electron chi connectivity index (χ3n) is 4.38. The number of carbonyl (C=O) groups is 1. The third kappa shape index (κ3) is 7.18. The molecule has 172 valence electrons. The van der Waals surface area contributed by atoms with Gasteiger partial charge in [-0.25, -0.2) is 4.79 Å². The molecule has 0 heterocycles. The average molecular weight is 441 g/mol. The molecule has 32 heavy (non-hydrogen) atoms. The van der Waals surface area contributed by atoms with Gasteiger partial charge in [-0.05, 0) is 51.7 Å². The van der Waals surface area contributed by atoms with Crippen LogP contribution in [0.5, 0.6) is 0 Å². The van der Waals surface area contributed by atoms with E-state index in [2.05, 4.69) is 11.8 Å². The molecule has 0 amide bonds. The molecule has 0 saturated heterocycles. The van der Waals surface area contributed by atoms with Gasteiger partial charge in [0, 0.05) is 32.0 Å². The van der Waals surface area contributed by atoms with Crippen LogP contribution in [0.1, 0.15) is 49.7 Å².